The van der Waals surface area contributed by atoms with E-state index in [9.17, 15) is 9.59 Å². The van der Waals surface area contributed by atoms with Crippen molar-refractivity contribution in [2.75, 3.05) is 39.6 Å². The Balaban J connectivity index is 1.77. The number of carbonyl (C=O) groups is 1. The molecule has 6 heteroatoms. The SMILES string of the molecule is CN(C)c1ccc(C(CNC(=O)c2cc3ccccc3oc2=O)N(C)C)cc1. The lowest BCUT2D eigenvalue weighted by Gasteiger charge is -2.25. The molecule has 1 atom stereocenters. The summed E-state index contributed by atoms with van der Waals surface area (Å²) in [7, 11) is 7.91. The van der Waals surface area contributed by atoms with Crippen LogP contribution in [0.15, 0.2) is 63.8 Å². The van der Waals surface area contributed by atoms with Gasteiger partial charge >= 0.3 is 5.63 Å². The quantitative estimate of drug-likeness (QED) is 0.667. The molecule has 3 aromatic rings. The van der Waals surface area contributed by atoms with Crippen LogP contribution >= 0.6 is 0 Å². The van der Waals surface area contributed by atoms with Gasteiger partial charge in [-0.3, -0.25) is 4.79 Å². The van der Waals surface area contributed by atoms with Crippen molar-refractivity contribution in [1.29, 1.82) is 0 Å². The topological polar surface area (TPSA) is 65.8 Å². The van der Waals surface area contributed by atoms with Crippen molar-refractivity contribution in [3.05, 3.63) is 76.1 Å². The van der Waals surface area contributed by atoms with E-state index in [0.717, 1.165) is 16.6 Å². The third-order valence-corrected chi connectivity index (χ3v) is 4.76. The molecule has 0 saturated heterocycles. The number of amides is 1. The van der Waals surface area contributed by atoms with Crippen molar-refractivity contribution in [2.24, 2.45) is 0 Å². The monoisotopic (exact) mass is 379 g/mol. The Bertz CT molecular complexity index is 1020. The number of carbonyl (C=O) groups excluding carboxylic acids is 1. The molecule has 1 heterocycles. The predicted octanol–water partition coefficient (Wildman–Crippen LogP) is 2.89. The van der Waals surface area contributed by atoms with Crippen LogP contribution in [0, 0.1) is 0 Å². The van der Waals surface area contributed by atoms with E-state index in [-0.39, 0.29) is 11.6 Å². The van der Waals surface area contributed by atoms with Crippen LogP contribution in [-0.4, -0.2) is 45.5 Å². The molecule has 0 fully saturated rings. The number of para-hydroxylation sites is 1. The molecule has 1 unspecified atom stereocenters. The van der Waals surface area contributed by atoms with Gasteiger partial charge in [0.2, 0.25) is 0 Å². The number of anilines is 1. The third-order valence-electron chi connectivity index (χ3n) is 4.76. The van der Waals surface area contributed by atoms with Crippen molar-refractivity contribution < 1.29 is 9.21 Å². The van der Waals surface area contributed by atoms with Crippen LogP contribution in [0.3, 0.4) is 0 Å². The maximum atomic E-state index is 12.6. The molecule has 0 aliphatic rings. The second-order valence-corrected chi connectivity index (χ2v) is 7.16. The summed E-state index contributed by atoms with van der Waals surface area (Å²) in [6.07, 6.45) is 0. The Labute approximate surface area is 164 Å². The van der Waals surface area contributed by atoms with E-state index in [1.165, 1.54) is 0 Å². The normalized spacial score (nSPS) is 12.2. The lowest BCUT2D eigenvalue weighted by molar-refractivity contribution is 0.0938. The van der Waals surface area contributed by atoms with Crippen LogP contribution in [0.5, 0.6) is 0 Å². The summed E-state index contributed by atoms with van der Waals surface area (Å²) in [5.41, 5.74) is 2.05. The average Bonchev–Trinajstić information content (AvgIpc) is 2.67. The van der Waals surface area contributed by atoms with Gasteiger partial charge in [-0.05, 0) is 43.9 Å². The van der Waals surface area contributed by atoms with E-state index < -0.39 is 11.5 Å². The molecule has 0 radical (unpaired) electrons. The summed E-state index contributed by atoms with van der Waals surface area (Å²) in [5, 5.41) is 3.59. The highest BCUT2D eigenvalue weighted by Gasteiger charge is 2.18. The van der Waals surface area contributed by atoms with Gasteiger partial charge in [0, 0.05) is 31.7 Å². The number of likely N-dealkylation sites (N-methyl/N-ethyl adjacent to an activating group) is 1. The summed E-state index contributed by atoms with van der Waals surface area (Å²) in [6.45, 7) is 0.374. The number of benzene rings is 2. The van der Waals surface area contributed by atoms with Gasteiger partial charge in [0.15, 0.2) is 0 Å². The minimum atomic E-state index is -0.632. The standard InChI is InChI=1S/C22H25N3O3/c1-24(2)17-11-9-15(10-12-17)19(25(3)4)14-23-21(26)18-13-16-7-5-6-8-20(16)28-22(18)27/h5-13,19H,14H2,1-4H3,(H,23,26). The Kier molecular flexibility index (Phi) is 5.80. The summed E-state index contributed by atoms with van der Waals surface area (Å²) in [4.78, 5) is 28.9. The molecule has 146 valence electrons. The highest BCUT2D eigenvalue weighted by atomic mass is 16.4. The molecule has 28 heavy (non-hydrogen) atoms. The van der Waals surface area contributed by atoms with Crippen LogP contribution < -0.4 is 15.8 Å². The van der Waals surface area contributed by atoms with E-state index >= 15 is 0 Å². The van der Waals surface area contributed by atoms with E-state index in [2.05, 4.69) is 17.4 Å². The minimum Gasteiger partial charge on any atom is -0.422 e. The molecule has 1 amide bonds. The zero-order valence-corrected chi connectivity index (χ0v) is 16.6. The molecule has 0 aliphatic carbocycles. The maximum absolute atomic E-state index is 12.6. The van der Waals surface area contributed by atoms with Crippen LogP contribution in [0.1, 0.15) is 22.0 Å². The fraction of sp³-hybridized carbons (Fsp3) is 0.273. The zero-order chi connectivity index (χ0) is 20.3. The van der Waals surface area contributed by atoms with Crippen molar-refractivity contribution in [3.8, 4) is 0 Å². The van der Waals surface area contributed by atoms with Gasteiger partial charge in [-0.2, -0.15) is 0 Å². The Morgan fingerprint density at radius 1 is 1.04 bits per heavy atom. The number of hydrogen-bond donors (Lipinski definition) is 1. The molecular formula is C22H25N3O3. The Morgan fingerprint density at radius 3 is 2.36 bits per heavy atom. The average molecular weight is 379 g/mol. The van der Waals surface area contributed by atoms with Gasteiger partial charge < -0.3 is 19.5 Å². The second-order valence-electron chi connectivity index (χ2n) is 7.16. The Hall–Kier alpha value is -3.12. The fourth-order valence-electron chi connectivity index (χ4n) is 3.10. The number of fused-ring (bicyclic) bond motifs is 1. The minimum absolute atomic E-state index is 0.0131. The number of rotatable bonds is 6. The molecule has 0 spiro atoms. The number of nitrogens with one attached hydrogen (secondary N) is 1. The zero-order valence-electron chi connectivity index (χ0n) is 16.6. The first-order valence-electron chi connectivity index (χ1n) is 9.11. The molecule has 1 aromatic heterocycles. The molecule has 3 rings (SSSR count). The predicted molar refractivity (Wildman–Crippen MR) is 112 cm³/mol. The van der Waals surface area contributed by atoms with Gasteiger partial charge in [-0.15, -0.1) is 0 Å². The number of nitrogens with zero attached hydrogens (tertiary/aromatic N) is 2. The van der Waals surface area contributed by atoms with Gasteiger partial charge in [0.25, 0.3) is 5.91 Å². The highest BCUT2D eigenvalue weighted by molar-refractivity contribution is 5.96. The second kappa shape index (κ2) is 8.27. The first kappa shape index (κ1) is 19.6. The van der Waals surface area contributed by atoms with Crippen molar-refractivity contribution in [3.63, 3.8) is 0 Å². The third kappa shape index (κ3) is 4.23. The van der Waals surface area contributed by atoms with Crippen LogP contribution in [0.4, 0.5) is 5.69 Å². The lowest BCUT2D eigenvalue weighted by atomic mass is 10.0. The van der Waals surface area contributed by atoms with Crippen molar-refractivity contribution in [2.45, 2.75) is 6.04 Å². The molecule has 0 bridgehead atoms. The van der Waals surface area contributed by atoms with Crippen LogP contribution in [0.25, 0.3) is 11.0 Å². The molecule has 1 N–H and O–H groups in total. The van der Waals surface area contributed by atoms with Crippen LogP contribution in [0.2, 0.25) is 0 Å². The number of hydrogen-bond acceptors (Lipinski definition) is 5. The molecule has 2 aromatic carbocycles. The van der Waals surface area contributed by atoms with E-state index in [1.807, 2.05) is 62.3 Å². The van der Waals surface area contributed by atoms with Gasteiger partial charge in [0.1, 0.15) is 11.1 Å². The Morgan fingerprint density at radius 2 is 1.71 bits per heavy atom. The summed E-state index contributed by atoms with van der Waals surface area (Å²) < 4.78 is 5.26. The van der Waals surface area contributed by atoms with E-state index in [1.54, 1.807) is 18.2 Å². The van der Waals surface area contributed by atoms with Crippen molar-refractivity contribution >= 4 is 22.6 Å². The highest BCUT2D eigenvalue weighted by Crippen LogP contribution is 2.21. The first-order valence-corrected chi connectivity index (χ1v) is 9.11. The summed E-state index contributed by atoms with van der Waals surface area (Å²) >= 11 is 0. The molecule has 0 aliphatic heterocycles. The van der Waals surface area contributed by atoms with Gasteiger partial charge in [-0.25, -0.2) is 4.79 Å². The largest absolute Gasteiger partial charge is 0.422 e. The summed E-state index contributed by atoms with van der Waals surface area (Å²) in [6, 6.07) is 16.9. The molecule has 0 saturated carbocycles. The van der Waals surface area contributed by atoms with E-state index in [4.69, 9.17) is 4.42 Å². The van der Waals surface area contributed by atoms with E-state index in [0.29, 0.717) is 12.1 Å². The first-order chi connectivity index (χ1) is 13.4. The maximum Gasteiger partial charge on any atom is 0.349 e. The van der Waals surface area contributed by atoms with Crippen LogP contribution in [-0.2, 0) is 0 Å². The smallest absolute Gasteiger partial charge is 0.349 e. The van der Waals surface area contributed by atoms with Gasteiger partial charge in [0.05, 0.1) is 6.04 Å². The van der Waals surface area contributed by atoms with Gasteiger partial charge in [-0.1, -0.05) is 30.3 Å². The molecular weight excluding hydrogens is 354 g/mol. The summed E-state index contributed by atoms with van der Waals surface area (Å²) in [5.74, 6) is -0.434. The fourth-order valence-corrected chi connectivity index (χ4v) is 3.10. The lowest BCUT2D eigenvalue weighted by Crippen LogP contribution is -2.36. The van der Waals surface area contributed by atoms with Crippen molar-refractivity contribution in [1.82, 2.24) is 10.2 Å². The molecule has 6 nitrogen and oxygen atoms in total.